The van der Waals surface area contributed by atoms with Crippen molar-refractivity contribution in [2.45, 2.75) is 57.4 Å². The standard InChI is InChI=1S/C27H28ClFN4.C2H7N/c1-18-3-9-23-25(18)26(31-17-30-23)33-16-27(22-13-21(29)8-10-24(22)33)11-2-12-32(15-27)14-19-4-6-20(28)7-5-19;1-2-3/h4-8,10,13,17-18H,2-3,9,11-12,14-16H2,1H3;2-3H2,1H3/t18?,27-;/m1./s1. The number of nitrogens with zero attached hydrogens (tertiary/aromatic N) is 4. The van der Waals surface area contributed by atoms with Crippen molar-refractivity contribution in [3.05, 3.63) is 82.0 Å². The lowest BCUT2D eigenvalue weighted by atomic mass is 9.75. The summed E-state index contributed by atoms with van der Waals surface area (Å²) in [5.41, 5.74) is 10.7. The molecule has 2 atom stereocenters. The van der Waals surface area contributed by atoms with E-state index in [1.54, 1.807) is 18.5 Å². The lowest BCUT2D eigenvalue weighted by molar-refractivity contribution is 0.148. The van der Waals surface area contributed by atoms with Gasteiger partial charge in [-0.3, -0.25) is 4.90 Å². The van der Waals surface area contributed by atoms with Crippen LogP contribution in [0.3, 0.4) is 0 Å². The van der Waals surface area contributed by atoms with Gasteiger partial charge in [0.05, 0.1) is 0 Å². The van der Waals surface area contributed by atoms with Crippen LogP contribution in [0.2, 0.25) is 5.02 Å². The Morgan fingerprint density at radius 3 is 2.69 bits per heavy atom. The summed E-state index contributed by atoms with van der Waals surface area (Å²) >= 11 is 6.08. The molecule has 2 aromatic carbocycles. The van der Waals surface area contributed by atoms with Crippen LogP contribution in [0.1, 0.15) is 61.4 Å². The zero-order valence-electron chi connectivity index (χ0n) is 21.2. The van der Waals surface area contributed by atoms with Crippen molar-refractivity contribution in [1.82, 2.24) is 14.9 Å². The summed E-state index contributed by atoms with van der Waals surface area (Å²) in [5, 5.41) is 0.760. The Bertz CT molecular complexity index is 1220. The van der Waals surface area contributed by atoms with E-state index in [9.17, 15) is 4.39 Å². The Hall–Kier alpha value is -2.54. The Balaban J connectivity index is 0.000000848. The van der Waals surface area contributed by atoms with Crippen LogP contribution in [-0.2, 0) is 18.4 Å². The zero-order chi connectivity index (χ0) is 25.3. The van der Waals surface area contributed by atoms with Crippen LogP contribution < -0.4 is 10.6 Å². The number of aryl methyl sites for hydroxylation is 1. The highest BCUT2D eigenvalue weighted by atomic mass is 35.5. The minimum Gasteiger partial charge on any atom is -0.331 e. The Kier molecular flexibility index (Phi) is 7.29. The molecule has 1 aliphatic carbocycles. The fourth-order valence-electron chi connectivity index (χ4n) is 6.23. The van der Waals surface area contributed by atoms with Crippen LogP contribution in [-0.4, -0.2) is 41.0 Å². The first-order valence-electron chi connectivity index (χ1n) is 13.0. The van der Waals surface area contributed by atoms with Crippen LogP contribution in [0.15, 0.2) is 48.8 Å². The van der Waals surface area contributed by atoms with Crippen molar-refractivity contribution < 1.29 is 4.39 Å². The number of nitrogens with two attached hydrogens (primary N) is 1. The molecule has 190 valence electrons. The highest BCUT2D eigenvalue weighted by Gasteiger charge is 2.47. The average molecular weight is 508 g/mol. The molecule has 36 heavy (non-hydrogen) atoms. The molecule has 7 heteroatoms. The molecule has 2 N–H and O–H groups in total. The predicted octanol–water partition coefficient (Wildman–Crippen LogP) is 5.97. The molecule has 3 aliphatic rings. The molecular formula is C29H35ClFN5. The van der Waals surface area contributed by atoms with E-state index in [1.165, 1.54) is 16.8 Å². The van der Waals surface area contributed by atoms with Gasteiger partial charge in [-0.1, -0.05) is 37.6 Å². The second kappa shape index (κ2) is 10.4. The summed E-state index contributed by atoms with van der Waals surface area (Å²) in [6.07, 6.45) is 5.98. The third kappa shape index (κ3) is 4.74. The van der Waals surface area contributed by atoms with Crippen molar-refractivity contribution in [2.75, 3.05) is 31.1 Å². The first-order valence-corrected chi connectivity index (χ1v) is 13.4. The normalized spacial score (nSPS) is 22.8. The van der Waals surface area contributed by atoms with E-state index >= 15 is 0 Å². The van der Waals surface area contributed by atoms with Crippen LogP contribution in [0.5, 0.6) is 0 Å². The first-order chi connectivity index (χ1) is 17.4. The molecule has 1 aromatic heterocycles. The number of piperidine rings is 1. The predicted molar refractivity (Wildman–Crippen MR) is 145 cm³/mol. The second-order valence-electron chi connectivity index (χ2n) is 10.4. The van der Waals surface area contributed by atoms with Gasteiger partial charge in [0, 0.05) is 47.0 Å². The zero-order valence-corrected chi connectivity index (χ0v) is 21.9. The highest BCUT2D eigenvalue weighted by Crippen LogP contribution is 2.50. The van der Waals surface area contributed by atoms with E-state index in [1.807, 2.05) is 25.1 Å². The maximum absolute atomic E-state index is 14.5. The number of rotatable bonds is 3. The third-order valence-corrected chi connectivity index (χ3v) is 8.02. The number of anilines is 2. The minimum atomic E-state index is -0.161. The van der Waals surface area contributed by atoms with Crippen LogP contribution in [0.4, 0.5) is 15.9 Å². The summed E-state index contributed by atoms with van der Waals surface area (Å²) in [4.78, 5) is 14.2. The smallest absolute Gasteiger partial charge is 0.140 e. The SMILES string of the molecule is CC1CCc2ncnc(N3C[C@]4(CCCN(Cc5ccc(Cl)cc5)C4)c4cc(F)ccc43)c21.CCN. The molecule has 5 nitrogen and oxygen atoms in total. The number of fused-ring (bicyclic) bond motifs is 3. The summed E-state index contributed by atoms with van der Waals surface area (Å²) in [5.74, 6) is 1.31. The number of hydrogen-bond acceptors (Lipinski definition) is 5. The number of hydrogen-bond donors (Lipinski definition) is 1. The van der Waals surface area contributed by atoms with E-state index < -0.39 is 0 Å². The quantitative estimate of drug-likeness (QED) is 0.473. The first kappa shape index (κ1) is 25.1. The maximum atomic E-state index is 14.5. The van der Waals surface area contributed by atoms with Gasteiger partial charge in [0.2, 0.25) is 0 Å². The molecule has 0 amide bonds. The molecule has 0 saturated carbocycles. The molecule has 1 saturated heterocycles. The molecule has 3 aromatic rings. The van der Waals surface area contributed by atoms with E-state index in [0.717, 1.165) is 80.5 Å². The summed E-state index contributed by atoms with van der Waals surface area (Å²) < 4.78 is 14.5. The molecule has 0 radical (unpaired) electrons. The average Bonchev–Trinajstić information content (AvgIpc) is 3.39. The van der Waals surface area contributed by atoms with Crippen molar-refractivity contribution in [3.63, 3.8) is 0 Å². The van der Waals surface area contributed by atoms with Gasteiger partial charge >= 0.3 is 0 Å². The van der Waals surface area contributed by atoms with Gasteiger partial charge in [-0.2, -0.15) is 0 Å². The lowest BCUT2D eigenvalue weighted by Crippen LogP contribution is -2.48. The molecule has 2 aliphatic heterocycles. The van der Waals surface area contributed by atoms with Crippen LogP contribution in [0, 0.1) is 5.82 Å². The van der Waals surface area contributed by atoms with Crippen molar-refractivity contribution >= 4 is 23.1 Å². The third-order valence-electron chi connectivity index (χ3n) is 7.76. The molecular weight excluding hydrogens is 473 g/mol. The minimum absolute atomic E-state index is 0.109. The fourth-order valence-corrected chi connectivity index (χ4v) is 6.35. The van der Waals surface area contributed by atoms with E-state index in [2.05, 4.69) is 33.8 Å². The van der Waals surface area contributed by atoms with E-state index in [-0.39, 0.29) is 11.2 Å². The van der Waals surface area contributed by atoms with Gasteiger partial charge in [0.15, 0.2) is 0 Å². The van der Waals surface area contributed by atoms with Crippen molar-refractivity contribution in [1.29, 1.82) is 0 Å². The molecule has 1 fully saturated rings. The Labute approximate surface area is 218 Å². The van der Waals surface area contributed by atoms with E-state index in [4.69, 9.17) is 22.3 Å². The van der Waals surface area contributed by atoms with Gasteiger partial charge in [-0.25, -0.2) is 14.4 Å². The summed E-state index contributed by atoms with van der Waals surface area (Å²) in [6.45, 7) is 8.59. The Morgan fingerprint density at radius 1 is 1.14 bits per heavy atom. The van der Waals surface area contributed by atoms with Crippen LogP contribution in [0.25, 0.3) is 0 Å². The van der Waals surface area contributed by atoms with Gasteiger partial charge in [-0.15, -0.1) is 0 Å². The van der Waals surface area contributed by atoms with Crippen molar-refractivity contribution in [2.24, 2.45) is 5.73 Å². The topological polar surface area (TPSA) is 58.3 Å². The van der Waals surface area contributed by atoms with Gasteiger partial charge in [0.25, 0.3) is 0 Å². The number of likely N-dealkylation sites (tertiary alicyclic amines) is 1. The van der Waals surface area contributed by atoms with Crippen molar-refractivity contribution in [3.8, 4) is 0 Å². The molecule has 3 heterocycles. The second-order valence-corrected chi connectivity index (χ2v) is 10.8. The van der Waals surface area contributed by atoms with Gasteiger partial charge in [0.1, 0.15) is 18.0 Å². The van der Waals surface area contributed by atoms with Crippen LogP contribution >= 0.6 is 11.6 Å². The molecule has 1 unspecified atom stereocenters. The molecule has 1 spiro atoms. The lowest BCUT2D eigenvalue weighted by Gasteiger charge is -2.41. The Morgan fingerprint density at radius 2 is 1.92 bits per heavy atom. The summed E-state index contributed by atoms with van der Waals surface area (Å²) in [7, 11) is 0. The van der Waals surface area contributed by atoms with E-state index in [0.29, 0.717) is 5.92 Å². The van der Waals surface area contributed by atoms with Gasteiger partial charge in [-0.05, 0) is 86.1 Å². The monoisotopic (exact) mass is 507 g/mol. The van der Waals surface area contributed by atoms with Gasteiger partial charge < -0.3 is 10.6 Å². The highest BCUT2D eigenvalue weighted by molar-refractivity contribution is 6.30. The molecule has 0 bridgehead atoms. The fraction of sp³-hybridized carbons (Fsp3) is 0.448. The summed E-state index contributed by atoms with van der Waals surface area (Å²) in [6, 6.07) is 13.4. The molecule has 6 rings (SSSR count). The largest absolute Gasteiger partial charge is 0.331 e. The maximum Gasteiger partial charge on any atom is 0.140 e. The number of benzene rings is 2. The number of aromatic nitrogens is 2. The number of halogens is 2.